The number of piperazine rings is 2. The number of amides is 2. The van der Waals surface area contributed by atoms with Crippen molar-refractivity contribution in [2.24, 2.45) is 5.92 Å². The monoisotopic (exact) mass is 345 g/mol. The van der Waals surface area contributed by atoms with E-state index in [1.54, 1.807) is 12.0 Å². The molecule has 3 rings (SSSR count). The van der Waals surface area contributed by atoms with E-state index < -0.39 is 6.04 Å². The van der Waals surface area contributed by atoms with Crippen molar-refractivity contribution in [2.45, 2.75) is 32.4 Å². The third-order valence-electron chi connectivity index (χ3n) is 4.89. The quantitative estimate of drug-likeness (QED) is 0.862. The minimum atomic E-state index is -0.478. The van der Waals surface area contributed by atoms with Crippen LogP contribution in [0.2, 0.25) is 0 Å². The summed E-state index contributed by atoms with van der Waals surface area (Å²) >= 11 is 0. The Bertz CT molecular complexity index is 629. The number of hydrogen-bond acceptors (Lipinski definition) is 4. The van der Waals surface area contributed by atoms with E-state index in [0.29, 0.717) is 25.4 Å². The molecule has 0 aliphatic carbocycles. The molecule has 1 aromatic carbocycles. The predicted molar refractivity (Wildman–Crippen MR) is 95.4 cm³/mol. The number of carbonyl (C=O) groups excluding carboxylic acids is 2. The molecule has 2 aliphatic heterocycles. The summed E-state index contributed by atoms with van der Waals surface area (Å²) in [5, 5.41) is 2.93. The van der Waals surface area contributed by atoms with E-state index in [9.17, 15) is 9.59 Å². The maximum Gasteiger partial charge on any atom is 0.246 e. The van der Waals surface area contributed by atoms with Crippen LogP contribution in [-0.2, 0) is 16.0 Å². The zero-order valence-electron chi connectivity index (χ0n) is 15.2. The van der Waals surface area contributed by atoms with E-state index in [2.05, 4.69) is 24.1 Å². The van der Waals surface area contributed by atoms with Gasteiger partial charge in [0.05, 0.1) is 7.11 Å². The van der Waals surface area contributed by atoms with Gasteiger partial charge in [-0.2, -0.15) is 0 Å². The Labute approximate surface area is 149 Å². The molecule has 6 nitrogen and oxygen atoms in total. The molecule has 2 heterocycles. The first-order chi connectivity index (χ1) is 12.0. The fourth-order valence-corrected chi connectivity index (χ4v) is 3.68. The predicted octanol–water partition coefficient (Wildman–Crippen LogP) is 0.905. The van der Waals surface area contributed by atoms with Crippen LogP contribution in [0.1, 0.15) is 19.4 Å². The Hall–Kier alpha value is -2.08. The average Bonchev–Trinajstić information content (AvgIpc) is 2.59. The molecule has 2 saturated heterocycles. The van der Waals surface area contributed by atoms with E-state index in [-0.39, 0.29) is 17.9 Å². The molecule has 0 bridgehead atoms. The van der Waals surface area contributed by atoms with Crippen LogP contribution in [0.15, 0.2) is 24.3 Å². The zero-order valence-corrected chi connectivity index (χ0v) is 15.2. The summed E-state index contributed by atoms with van der Waals surface area (Å²) in [6.45, 7) is 7.39. The summed E-state index contributed by atoms with van der Waals surface area (Å²) in [6, 6.07) is 6.78. The minimum Gasteiger partial charge on any atom is -0.497 e. The van der Waals surface area contributed by atoms with Crippen LogP contribution in [0.3, 0.4) is 0 Å². The summed E-state index contributed by atoms with van der Waals surface area (Å²) < 4.78 is 5.16. The highest BCUT2D eigenvalue weighted by molar-refractivity contribution is 5.97. The number of carbonyl (C=O) groups is 2. The van der Waals surface area contributed by atoms with Gasteiger partial charge in [-0.1, -0.05) is 26.0 Å². The van der Waals surface area contributed by atoms with Crippen LogP contribution in [0, 0.1) is 5.92 Å². The van der Waals surface area contributed by atoms with Crippen molar-refractivity contribution < 1.29 is 14.3 Å². The standard InChI is InChI=1S/C19H27N3O3/c1-13(2)11-21-8-9-22-17(12-21)18(23)20-16(19(22)24)10-14-4-6-15(25-3)7-5-14/h4-7,13,16-17H,8-12H2,1-3H3,(H,20,23)/t16-,17+/m0/s1. The lowest BCUT2D eigenvalue weighted by molar-refractivity contribution is -0.153. The normalized spacial score (nSPS) is 24.2. The second kappa shape index (κ2) is 7.44. The van der Waals surface area contributed by atoms with Crippen molar-refractivity contribution in [3.63, 3.8) is 0 Å². The zero-order chi connectivity index (χ0) is 18.0. The van der Waals surface area contributed by atoms with Gasteiger partial charge in [0.2, 0.25) is 11.8 Å². The Morgan fingerprint density at radius 3 is 2.56 bits per heavy atom. The Morgan fingerprint density at radius 2 is 1.92 bits per heavy atom. The highest BCUT2D eigenvalue weighted by Crippen LogP contribution is 2.20. The molecule has 1 N–H and O–H groups in total. The lowest BCUT2D eigenvalue weighted by Crippen LogP contribution is -2.69. The lowest BCUT2D eigenvalue weighted by atomic mass is 9.98. The third-order valence-corrected chi connectivity index (χ3v) is 4.89. The largest absolute Gasteiger partial charge is 0.497 e. The molecule has 2 fully saturated rings. The topological polar surface area (TPSA) is 61.9 Å². The van der Waals surface area contributed by atoms with Gasteiger partial charge in [-0.05, 0) is 23.6 Å². The van der Waals surface area contributed by atoms with Gasteiger partial charge in [-0.3, -0.25) is 14.5 Å². The van der Waals surface area contributed by atoms with E-state index in [0.717, 1.165) is 24.4 Å². The molecule has 1 aromatic rings. The Morgan fingerprint density at radius 1 is 1.20 bits per heavy atom. The van der Waals surface area contributed by atoms with Gasteiger partial charge in [0.15, 0.2) is 0 Å². The van der Waals surface area contributed by atoms with Crippen molar-refractivity contribution in [3.05, 3.63) is 29.8 Å². The lowest BCUT2D eigenvalue weighted by Gasteiger charge is -2.45. The van der Waals surface area contributed by atoms with Gasteiger partial charge >= 0.3 is 0 Å². The summed E-state index contributed by atoms with van der Waals surface area (Å²) in [7, 11) is 1.62. The second-order valence-corrected chi connectivity index (χ2v) is 7.31. The summed E-state index contributed by atoms with van der Waals surface area (Å²) in [4.78, 5) is 29.4. The second-order valence-electron chi connectivity index (χ2n) is 7.31. The van der Waals surface area contributed by atoms with E-state index in [4.69, 9.17) is 4.74 Å². The highest BCUT2D eigenvalue weighted by atomic mass is 16.5. The van der Waals surface area contributed by atoms with Crippen LogP contribution < -0.4 is 10.1 Å². The van der Waals surface area contributed by atoms with Crippen molar-refractivity contribution in [3.8, 4) is 5.75 Å². The number of rotatable bonds is 5. The fourth-order valence-electron chi connectivity index (χ4n) is 3.68. The summed E-state index contributed by atoms with van der Waals surface area (Å²) in [5.41, 5.74) is 1.01. The van der Waals surface area contributed by atoms with Crippen LogP contribution in [-0.4, -0.2) is 67.0 Å². The number of nitrogens with one attached hydrogen (secondary N) is 1. The maximum atomic E-state index is 12.8. The van der Waals surface area contributed by atoms with Crippen LogP contribution in [0.4, 0.5) is 0 Å². The Kier molecular flexibility index (Phi) is 5.27. The average molecular weight is 345 g/mol. The van der Waals surface area contributed by atoms with Gasteiger partial charge in [0, 0.05) is 32.6 Å². The van der Waals surface area contributed by atoms with Gasteiger partial charge in [0.1, 0.15) is 17.8 Å². The molecule has 2 atom stereocenters. The first kappa shape index (κ1) is 17.7. The van der Waals surface area contributed by atoms with E-state index in [1.807, 2.05) is 24.3 Å². The molecular weight excluding hydrogens is 318 g/mol. The molecule has 136 valence electrons. The molecule has 0 spiro atoms. The molecule has 2 amide bonds. The number of hydrogen-bond donors (Lipinski definition) is 1. The minimum absolute atomic E-state index is 0.0321. The van der Waals surface area contributed by atoms with Gasteiger partial charge < -0.3 is 15.0 Å². The Balaban J connectivity index is 1.66. The maximum absolute atomic E-state index is 12.8. The molecule has 2 aliphatic rings. The molecule has 6 heteroatoms. The van der Waals surface area contributed by atoms with E-state index in [1.165, 1.54) is 0 Å². The highest BCUT2D eigenvalue weighted by Gasteiger charge is 2.43. The van der Waals surface area contributed by atoms with Crippen molar-refractivity contribution >= 4 is 11.8 Å². The first-order valence-electron chi connectivity index (χ1n) is 8.94. The first-order valence-corrected chi connectivity index (χ1v) is 8.94. The van der Waals surface area contributed by atoms with Crippen molar-refractivity contribution in [1.29, 1.82) is 0 Å². The summed E-state index contributed by atoms with van der Waals surface area (Å²) in [6.07, 6.45) is 0.507. The van der Waals surface area contributed by atoms with Crippen molar-refractivity contribution in [2.75, 3.05) is 33.3 Å². The van der Waals surface area contributed by atoms with Crippen LogP contribution >= 0.6 is 0 Å². The number of nitrogens with zero attached hydrogens (tertiary/aromatic N) is 2. The molecule has 0 aromatic heterocycles. The van der Waals surface area contributed by atoms with Crippen LogP contribution in [0.25, 0.3) is 0 Å². The summed E-state index contributed by atoms with van der Waals surface area (Å²) in [5.74, 6) is 1.33. The van der Waals surface area contributed by atoms with E-state index >= 15 is 0 Å². The number of benzene rings is 1. The number of methoxy groups -OCH3 is 1. The molecule has 0 saturated carbocycles. The SMILES string of the molecule is COc1ccc(C[C@@H]2NC(=O)[C@H]3CN(CC(C)C)CCN3C2=O)cc1. The molecule has 0 radical (unpaired) electrons. The molecule has 0 unspecified atom stereocenters. The smallest absolute Gasteiger partial charge is 0.246 e. The van der Waals surface area contributed by atoms with Crippen molar-refractivity contribution in [1.82, 2.24) is 15.1 Å². The molecular formula is C19H27N3O3. The fraction of sp³-hybridized carbons (Fsp3) is 0.579. The van der Waals surface area contributed by atoms with Gasteiger partial charge in [-0.15, -0.1) is 0 Å². The number of ether oxygens (including phenoxy) is 1. The third kappa shape index (κ3) is 3.95. The van der Waals surface area contributed by atoms with Gasteiger partial charge in [-0.25, -0.2) is 0 Å². The number of fused-ring (bicyclic) bond motifs is 1. The van der Waals surface area contributed by atoms with Gasteiger partial charge in [0.25, 0.3) is 0 Å². The molecule has 25 heavy (non-hydrogen) atoms. The van der Waals surface area contributed by atoms with Crippen LogP contribution in [0.5, 0.6) is 5.75 Å².